The third-order valence-electron chi connectivity index (χ3n) is 7.02. The summed E-state index contributed by atoms with van der Waals surface area (Å²) < 4.78 is 10.7. The lowest BCUT2D eigenvalue weighted by Crippen LogP contribution is -2.30. The predicted octanol–water partition coefficient (Wildman–Crippen LogP) is 8.24. The highest BCUT2D eigenvalue weighted by atomic mass is 35.5. The fourth-order valence-corrected chi connectivity index (χ4v) is 5.85. The molecule has 0 aliphatic heterocycles. The van der Waals surface area contributed by atoms with Gasteiger partial charge in [0, 0.05) is 45.1 Å². The minimum Gasteiger partial charge on any atom is -0.497 e. The lowest BCUT2D eigenvalue weighted by Gasteiger charge is -2.18. The molecule has 0 spiro atoms. The zero-order valence-electron chi connectivity index (χ0n) is 26.1. The molecule has 0 radical (unpaired) electrons. The van der Waals surface area contributed by atoms with E-state index < -0.39 is 17.1 Å². The van der Waals surface area contributed by atoms with Gasteiger partial charge in [0.25, 0.3) is 11.8 Å². The van der Waals surface area contributed by atoms with Crippen LogP contribution in [0, 0.1) is 0 Å². The molecular formula is C38H32ClN3O5S. The van der Waals surface area contributed by atoms with Gasteiger partial charge in [-0.15, -0.1) is 11.8 Å². The highest BCUT2D eigenvalue weighted by Gasteiger charge is 2.23. The first-order valence-electron chi connectivity index (χ1n) is 14.8. The fourth-order valence-electron chi connectivity index (χ4n) is 4.64. The fraction of sp³-hybridized carbons (Fsp3) is 0.0789. The number of benzene rings is 5. The Bertz CT molecular complexity index is 1900. The van der Waals surface area contributed by atoms with Crippen LogP contribution in [0.2, 0.25) is 5.02 Å². The zero-order chi connectivity index (χ0) is 33.9. The smallest absolute Gasteiger partial charge is 0.272 e. The summed E-state index contributed by atoms with van der Waals surface area (Å²) in [6.07, 6.45) is 1.58. The number of thioether (sulfide) groups is 1. The molecule has 242 valence electrons. The Kier molecular flexibility index (Phi) is 11.5. The van der Waals surface area contributed by atoms with Gasteiger partial charge in [0.1, 0.15) is 22.4 Å². The van der Waals surface area contributed by atoms with Crippen LogP contribution in [-0.2, 0) is 9.59 Å². The Morgan fingerprint density at radius 1 is 0.708 bits per heavy atom. The summed E-state index contributed by atoms with van der Waals surface area (Å²) in [5.74, 6) is -0.128. The van der Waals surface area contributed by atoms with Gasteiger partial charge in [-0.25, -0.2) is 0 Å². The molecule has 0 aromatic heterocycles. The molecule has 0 aliphatic rings. The number of carbonyl (C=O) groups is 3. The van der Waals surface area contributed by atoms with E-state index in [4.69, 9.17) is 21.1 Å². The molecule has 3 amide bonds. The minimum atomic E-state index is -0.639. The molecule has 8 nitrogen and oxygen atoms in total. The van der Waals surface area contributed by atoms with Gasteiger partial charge in [-0.3, -0.25) is 14.4 Å². The van der Waals surface area contributed by atoms with Crippen molar-refractivity contribution in [2.75, 3.05) is 24.9 Å². The van der Waals surface area contributed by atoms with Gasteiger partial charge in [-0.05, 0) is 59.7 Å². The Balaban J connectivity index is 1.38. The molecule has 0 saturated heterocycles. The van der Waals surface area contributed by atoms with Crippen molar-refractivity contribution < 1.29 is 23.9 Å². The number of hydrogen-bond donors (Lipinski definition) is 3. The third kappa shape index (κ3) is 9.28. The van der Waals surface area contributed by atoms with Gasteiger partial charge < -0.3 is 25.4 Å². The number of halogens is 1. The number of ether oxygens (including phenoxy) is 2. The van der Waals surface area contributed by atoms with Crippen molar-refractivity contribution in [1.29, 1.82) is 0 Å². The van der Waals surface area contributed by atoms with E-state index in [2.05, 4.69) is 16.0 Å². The van der Waals surface area contributed by atoms with Crippen molar-refractivity contribution in [3.8, 4) is 11.5 Å². The maximum Gasteiger partial charge on any atom is 0.272 e. The summed E-state index contributed by atoms with van der Waals surface area (Å²) >= 11 is 7.38. The van der Waals surface area contributed by atoms with Crippen LogP contribution in [-0.4, -0.2) is 31.9 Å². The van der Waals surface area contributed by atoms with Gasteiger partial charge in [-0.1, -0.05) is 78.3 Å². The number of rotatable bonds is 12. The van der Waals surface area contributed by atoms with Crippen LogP contribution in [0.15, 0.2) is 138 Å². The monoisotopic (exact) mass is 677 g/mol. The summed E-state index contributed by atoms with van der Waals surface area (Å²) in [4.78, 5) is 41.1. The molecule has 5 rings (SSSR count). The van der Waals surface area contributed by atoms with Crippen LogP contribution in [0.5, 0.6) is 11.5 Å². The Morgan fingerprint density at radius 3 is 2.00 bits per heavy atom. The molecule has 5 aromatic carbocycles. The third-order valence-corrected chi connectivity index (χ3v) is 8.52. The van der Waals surface area contributed by atoms with Crippen molar-refractivity contribution in [1.82, 2.24) is 5.32 Å². The van der Waals surface area contributed by atoms with Crippen molar-refractivity contribution in [2.24, 2.45) is 0 Å². The molecule has 3 N–H and O–H groups in total. The topological polar surface area (TPSA) is 106 Å². The van der Waals surface area contributed by atoms with Crippen molar-refractivity contribution in [3.63, 3.8) is 0 Å². The Hall–Kier alpha value is -5.51. The predicted molar refractivity (Wildman–Crippen MR) is 192 cm³/mol. The Morgan fingerprint density at radius 2 is 1.35 bits per heavy atom. The quantitative estimate of drug-likeness (QED) is 0.0908. The van der Waals surface area contributed by atoms with Crippen LogP contribution >= 0.6 is 23.4 Å². The molecule has 5 aromatic rings. The van der Waals surface area contributed by atoms with E-state index in [0.29, 0.717) is 39.0 Å². The molecular weight excluding hydrogens is 646 g/mol. The average molecular weight is 678 g/mol. The first-order valence-corrected chi connectivity index (χ1v) is 16.1. The molecule has 0 heterocycles. The zero-order valence-corrected chi connectivity index (χ0v) is 27.7. The summed E-state index contributed by atoms with van der Waals surface area (Å²) in [5.41, 5.74) is 2.92. The summed E-state index contributed by atoms with van der Waals surface area (Å²) in [7, 11) is 3.09. The second-order valence-electron chi connectivity index (χ2n) is 10.4. The van der Waals surface area contributed by atoms with Crippen molar-refractivity contribution in [2.45, 2.75) is 10.1 Å². The first kappa shape index (κ1) is 33.8. The molecule has 1 unspecified atom stereocenters. The van der Waals surface area contributed by atoms with Crippen LogP contribution < -0.4 is 25.4 Å². The van der Waals surface area contributed by atoms with Gasteiger partial charge in [0.15, 0.2) is 0 Å². The molecule has 0 saturated carbocycles. The maximum atomic E-state index is 13.7. The van der Waals surface area contributed by atoms with E-state index in [1.807, 2.05) is 36.4 Å². The number of methoxy groups -OCH3 is 2. The average Bonchev–Trinajstić information content (AvgIpc) is 3.11. The van der Waals surface area contributed by atoms with Crippen LogP contribution in [0.25, 0.3) is 6.08 Å². The van der Waals surface area contributed by atoms with Crippen LogP contribution in [0.3, 0.4) is 0 Å². The van der Waals surface area contributed by atoms with Gasteiger partial charge >= 0.3 is 0 Å². The van der Waals surface area contributed by atoms with Gasteiger partial charge in [-0.2, -0.15) is 0 Å². The molecule has 0 aliphatic carbocycles. The lowest BCUT2D eigenvalue weighted by molar-refractivity contribution is -0.116. The normalized spacial score (nSPS) is 11.6. The summed E-state index contributed by atoms with van der Waals surface area (Å²) in [5, 5.41) is 8.52. The SMILES string of the molecule is COc1cc(NC(=O)C(Sc2cccc(NC(=O)/C(=C/c3ccc(Cl)cc3)NC(=O)c3ccccc3)c2)c2ccccc2)cc(OC)c1. The standard InChI is InChI=1S/C38H32ClN3O5S/c1-46-31-21-30(22-32(24-31)47-2)41-38(45)35(26-10-5-3-6-11-26)48-33-15-9-14-29(23-33)40-37(44)34(20-25-16-18-28(39)19-17-25)42-36(43)27-12-7-4-8-13-27/h3-24,35H,1-2H3,(H,40,44)(H,41,45)(H,42,43)/b34-20-. The number of anilines is 2. The van der Waals surface area contributed by atoms with Gasteiger partial charge in [0.2, 0.25) is 5.91 Å². The second kappa shape index (κ2) is 16.4. The van der Waals surface area contributed by atoms with E-state index in [-0.39, 0.29) is 11.6 Å². The number of amides is 3. The Labute approximate surface area is 288 Å². The second-order valence-corrected chi connectivity index (χ2v) is 12.0. The summed E-state index contributed by atoms with van der Waals surface area (Å²) in [6.45, 7) is 0. The number of carbonyl (C=O) groups excluding carboxylic acids is 3. The van der Waals surface area contributed by atoms with E-state index in [9.17, 15) is 14.4 Å². The first-order chi connectivity index (χ1) is 23.3. The molecule has 0 fully saturated rings. The molecule has 0 bridgehead atoms. The van der Waals surface area contributed by atoms with E-state index in [1.54, 1.807) is 111 Å². The van der Waals surface area contributed by atoms with Crippen molar-refractivity contribution >= 4 is 58.5 Å². The minimum absolute atomic E-state index is 0.0412. The number of hydrogen-bond acceptors (Lipinski definition) is 6. The lowest BCUT2D eigenvalue weighted by atomic mass is 10.1. The molecule has 10 heteroatoms. The van der Waals surface area contributed by atoms with Crippen molar-refractivity contribution in [3.05, 3.63) is 155 Å². The van der Waals surface area contributed by atoms with Crippen LogP contribution in [0.1, 0.15) is 26.7 Å². The molecule has 1 atom stereocenters. The van der Waals surface area contributed by atoms with E-state index in [0.717, 1.165) is 10.5 Å². The summed E-state index contributed by atoms with van der Waals surface area (Å²) in [6, 6.07) is 37.3. The van der Waals surface area contributed by atoms with E-state index >= 15 is 0 Å². The maximum absolute atomic E-state index is 13.7. The van der Waals surface area contributed by atoms with E-state index in [1.165, 1.54) is 11.8 Å². The largest absolute Gasteiger partial charge is 0.497 e. The van der Waals surface area contributed by atoms with Crippen LogP contribution in [0.4, 0.5) is 11.4 Å². The number of nitrogens with one attached hydrogen (secondary N) is 3. The highest BCUT2D eigenvalue weighted by molar-refractivity contribution is 8.00. The highest BCUT2D eigenvalue weighted by Crippen LogP contribution is 2.38. The van der Waals surface area contributed by atoms with Gasteiger partial charge in [0.05, 0.1) is 14.2 Å². The molecule has 48 heavy (non-hydrogen) atoms.